The Kier molecular flexibility index (Phi) is 2.70. The van der Waals surface area contributed by atoms with E-state index in [0.29, 0.717) is 17.0 Å². The monoisotopic (exact) mass is 183 g/mol. The molecule has 0 atom stereocenters. The first-order chi connectivity index (χ1) is 6.02. The van der Waals surface area contributed by atoms with Gasteiger partial charge in [0.25, 0.3) is 0 Å². The first kappa shape index (κ1) is 9.77. The molecule has 0 fully saturated rings. The molecule has 72 valence electrons. The summed E-state index contributed by atoms with van der Waals surface area (Å²) in [5, 5.41) is 3.67. The van der Waals surface area contributed by atoms with E-state index in [1.165, 1.54) is 0 Å². The molecule has 0 aliphatic carbocycles. The number of hydrogen-bond donors (Lipinski definition) is 0. The SMILES string of the molecule is Cc1noc(C)c1C(=O)OC(C)C. The lowest BCUT2D eigenvalue weighted by molar-refractivity contribution is 0.0375. The van der Waals surface area contributed by atoms with Crippen molar-refractivity contribution < 1.29 is 14.1 Å². The maximum absolute atomic E-state index is 11.4. The molecule has 0 aliphatic heterocycles. The highest BCUT2D eigenvalue weighted by molar-refractivity contribution is 5.91. The molecule has 4 nitrogen and oxygen atoms in total. The Bertz CT molecular complexity index is 295. The molecule has 4 heteroatoms. The van der Waals surface area contributed by atoms with Gasteiger partial charge in [0.2, 0.25) is 0 Å². The van der Waals surface area contributed by atoms with Gasteiger partial charge in [-0.25, -0.2) is 4.79 Å². The molecule has 0 saturated heterocycles. The third kappa shape index (κ3) is 2.08. The first-order valence-corrected chi connectivity index (χ1v) is 4.16. The number of nitrogens with zero attached hydrogens (tertiary/aromatic N) is 1. The summed E-state index contributed by atoms with van der Waals surface area (Å²) in [5.74, 6) is 0.134. The Morgan fingerprint density at radius 1 is 1.46 bits per heavy atom. The predicted molar refractivity (Wildman–Crippen MR) is 46.5 cm³/mol. The van der Waals surface area contributed by atoms with Crippen molar-refractivity contribution in [1.82, 2.24) is 5.16 Å². The van der Waals surface area contributed by atoms with E-state index in [9.17, 15) is 4.79 Å². The van der Waals surface area contributed by atoms with Gasteiger partial charge in [-0.3, -0.25) is 0 Å². The number of hydrogen-bond acceptors (Lipinski definition) is 4. The van der Waals surface area contributed by atoms with Gasteiger partial charge in [0.15, 0.2) is 0 Å². The molecular weight excluding hydrogens is 170 g/mol. The van der Waals surface area contributed by atoms with Crippen molar-refractivity contribution in [2.75, 3.05) is 0 Å². The van der Waals surface area contributed by atoms with Crippen molar-refractivity contribution in [2.24, 2.45) is 0 Å². The Morgan fingerprint density at radius 2 is 2.08 bits per heavy atom. The number of carbonyl (C=O) groups is 1. The van der Waals surface area contributed by atoms with Crippen molar-refractivity contribution in [3.05, 3.63) is 17.0 Å². The molecule has 0 aliphatic rings. The average Bonchev–Trinajstić information content (AvgIpc) is 2.29. The molecule has 1 heterocycles. The lowest BCUT2D eigenvalue weighted by atomic mass is 10.2. The molecule has 0 saturated carbocycles. The van der Waals surface area contributed by atoms with Gasteiger partial charge in [-0.15, -0.1) is 0 Å². The van der Waals surface area contributed by atoms with Crippen LogP contribution < -0.4 is 0 Å². The summed E-state index contributed by atoms with van der Waals surface area (Å²) in [6, 6.07) is 0. The minimum absolute atomic E-state index is 0.124. The number of aryl methyl sites for hydroxylation is 2. The van der Waals surface area contributed by atoms with Crippen LogP contribution in [0.2, 0.25) is 0 Å². The van der Waals surface area contributed by atoms with Crippen LogP contribution in [0, 0.1) is 13.8 Å². The summed E-state index contributed by atoms with van der Waals surface area (Å²) >= 11 is 0. The van der Waals surface area contributed by atoms with Crippen LogP contribution in [0.15, 0.2) is 4.52 Å². The summed E-state index contributed by atoms with van der Waals surface area (Å²) in [6.45, 7) is 7.01. The molecule has 0 aromatic carbocycles. The smallest absolute Gasteiger partial charge is 0.343 e. The van der Waals surface area contributed by atoms with E-state index in [1.54, 1.807) is 27.7 Å². The Morgan fingerprint density at radius 3 is 2.46 bits per heavy atom. The van der Waals surface area contributed by atoms with Crippen molar-refractivity contribution in [3.63, 3.8) is 0 Å². The summed E-state index contributed by atoms with van der Waals surface area (Å²) in [7, 11) is 0. The number of ether oxygens (including phenoxy) is 1. The molecule has 0 spiro atoms. The van der Waals surface area contributed by atoms with Crippen molar-refractivity contribution >= 4 is 5.97 Å². The number of carbonyl (C=O) groups excluding carboxylic acids is 1. The van der Waals surface area contributed by atoms with Crippen LogP contribution >= 0.6 is 0 Å². The van der Waals surface area contributed by atoms with Gasteiger partial charge in [-0.1, -0.05) is 5.16 Å². The van der Waals surface area contributed by atoms with Crippen LogP contribution in [-0.2, 0) is 4.74 Å². The molecule has 1 aromatic heterocycles. The van der Waals surface area contributed by atoms with E-state index in [4.69, 9.17) is 9.26 Å². The van der Waals surface area contributed by atoms with Crippen LogP contribution in [0.3, 0.4) is 0 Å². The lowest BCUT2D eigenvalue weighted by Gasteiger charge is -2.06. The molecule has 0 unspecified atom stereocenters. The predicted octanol–water partition coefficient (Wildman–Crippen LogP) is 1.86. The van der Waals surface area contributed by atoms with E-state index in [1.807, 2.05) is 0 Å². The standard InChI is InChI=1S/C9H13NO3/c1-5(2)12-9(11)8-6(3)10-13-7(8)4/h5H,1-4H3. The molecule has 13 heavy (non-hydrogen) atoms. The largest absolute Gasteiger partial charge is 0.459 e. The maximum atomic E-state index is 11.4. The number of aromatic nitrogens is 1. The van der Waals surface area contributed by atoms with Crippen LogP contribution in [0.4, 0.5) is 0 Å². The summed E-state index contributed by atoms with van der Waals surface area (Å²) in [4.78, 5) is 11.4. The van der Waals surface area contributed by atoms with Gasteiger partial charge in [-0.2, -0.15) is 0 Å². The quantitative estimate of drug-likeness (QED) is 0.656. The molecule has 0 radical (unpaired) electrons. The Hall–Kier alpha value is -1.32. The zero-order valence-electron chi connectivity index (χ0n) is 8.25. The van der Waals surface area contributed by atoms with Gasteiger partial charge in [0, 0.05) is 0 Å². The second-order valence-corrected chi connectivity index (χ2v) is 3.15. The normalized spacial score (nSPS) is 10.5. The second-order valence-electron chi connectivity index (χ2n) is 3.15. The molecule has 1 aromatic rings. The van der Waals surface area contributed by atoms with Gasteiger partial charge in [0.05, 0.1) is 11.8 Å². The highest BCUT2D eigenvalue weighted by atomic mass is 16.5. The van der Waals surface area contributed by atoms with E-state index in [-0.39, 0.29) is 12.1 Å². The summed E-state index contributed by atoms with van der Waals surface area (Å²) in [5.41, 5.74) is 1.01. The molecule has 0 bridgehead atoms. The van der Waals surface area contributed by atoms with Crippen LogP contribution in [0.25, 0.3) is 0 Å². The maximum Gasteiger partial charge on any atom is 0.343 e. The third-order valence-corrected chi connectivity index (χ3v) is 1.58. The van der Waals surface area contributed by atoms with Crippen molar-refractivity contribution in [3.8, 4) is 0 Å². The van der Waals surface area contributed by atoms with E-state index >= 15 is 0 Å². The van der Waals surface area contributed by atoms with Crippen LogP contribution in [0.5, 0.6) is 0 Å². The van der Waals surface area contributed by atoms with Gasteiger partial charge in [-0.05, 0) is 27.7 Å². The fourth-order valence-corrected chi connectivity index (χ4v) is 1.05. The Balaban J connectivity index is 2.88. The molecule has 0 N–H and O–H groups in total. The topological polar surface area (TPSA) is 52.3 Å². The lowest BCUT2D eigenvalue weighted by Crippen LogP contribution is -2.12. The summed E-state index contributed by atoms with van der Waals surface area (Å²) in [6.07, 6.45) is -0.124. The van der Waals surface area contributed by atoms with Gasteiger partial charge < -0.3 is 9.26 Å². The first-order valence-electron chi connectivity index (χ1n) is 4.16. The average molecular weight is 183 g/mol. The number of rotatable bonds is 2. The molecule has 0 amide bonds. The fourth-order valence-electron chi connectivity index (χ4n) is 1.05. The third-order valence-electron chi connectivity index (χ3n) is 1.58. The van der Waals surface area contributed by atoms with E-state index in [2.05, 4.69) is 5.16 Å². The van der Waals surface area contributed by atoms with Gasteiger partial charge >= 0.3 is 5.97 Å². The van der Waals surface area contributed by atoms with Gasteiger partial charge in [0.1, 0.15) is 11.3 Å². The van der Waals surface area contributed by atoms with Crippen LogP contribution in [0.1, 0.15) is 35.7 Å². The summed E-state index contributed by atoms with van der Waals surface area (Å²) < 4.78 is 9.86. The molecular formula is C9H13NO3. The molecule has 1 rings (SSSR count). The minimum atomic E-state index is -0.369. The highest BCUT2D eigenvalue weighted by Gasteiger charge is 2.19. The minimum Gasteiger partial charge on any atom is -0.459 e. The highest BCUT2D eigenvalue weighted by Crippen LogP contribution is 2.14. The Labute approximate surface area is 76.9 Å². The zero-order chi connectivity index (χ0) is 10.0. The number of esters is 1. The van der Waals surface area contributed by atoms with E-state index in [0.717, 1.165) is 0 Å². The van der Waals surface area contributed by atoms with Crippen LogP contribution in [-0.4, -0.2) is 17.2 Å². The van der Waals surface area contributed by atoms with Crippen molar-refractivity contribution in [2.45, 2.75) is 33.8 Å². The van der Waals surface area contributed by atoms with E-state index < -0.39 is 0 Å². The zero-order valence-corrected chi connectivity index (χ0v) is 8.25. The van der Waals surface area contributed by atoms with Crippen molar-refractivity contribution in [1.29, 1.82) is 0 Å². The fraction of sp³-hybridized carbons (Fsp3) is 0.556. The second kappa shape index (κ2) is 3.60.